The fraction of sp³-hybridized carbons (Fsp3) is 0.562. The number of ether oxygens (including phenoxy) is 1. The van der Waals surface area contributed by atoms with Gasteiger partial charge in [0.2, 0.25) is 0 Å². The lowest BCUT2D eigenvalue weighted by Gasteiger charge is -2.20. The van der Waals surface area contributed by atoms with E-state index in [0.29, 0.717) is 0 Å². The summed E-state index contributed by atoms with van der Waals surface area (Å²) in [5.74, 6) is 0.564. The van der Waals surface area contributed by atoms with Crippen molar-refractivity contribution in [2.75, 3.05) is 12.9 Å². The van der Waals surface area contributed by atoms with Crippen LogP contribution in [0.5, 0.6) is 0 Å². The second kappa shape index (κ2) is 6.64. The van der Waals surface area contributed by atoms with Crippen LogP contribution in [-0.2, 0) is 16.1 Å². The SMILES string of the molecule is COC(=O)C(C)(C)CSc1ccc(CNC2CC2)cc1. The molecule has 1 fully saturated rings. The van der Waals surface area contributed by atoms with E-state index in [9.17, 15) is 4.79 Å². The molecule has 4 heteroatoms. The molecule has 0 bridgehead atoms. The maximum Gasteiger partial charge on any atom is 0.312 e. The number of benzene rings is 1. The summed E-state index contributed by atoms with van der Waals surface area (Å²) in [6, 6.07) is 9.31. The van der Waals surface area contributed by atoms with E-state index in [-0.39, 0.29) is 5.97 Å². The monoisotopic (exact) mass is 293 g/mol. The van der Waals surface area contributed by atoms with Gasteiger partial charge in [-0.25, -0.2) is 0 Å². The van der Waals surface area contributed by atoms with Crippen molar-refractivity contribution in [1.29, 1.82) is 0 Å². The molecule has 20 heavy (non-hydrogen) atoms. The number of hydrogen-bond donors (Lipinski definition) is 1. The highest BCUT2D eigenvalue weighted by molar-refractivity contribution is 7.99. The predicted octanol–water partition coefficient (Wildman–Crippen LogP) is 3.23. The summed E-state index contributed by atoms with van der Waals surface area (Å²) in [7, 11) is 1.44. The molecular formula is C16H23NO2S. The van der Waals surface area contributed by atoms with Gasteiger partial charge < -0.3 is 10.1 Å². The van der Waals surface area contributed by atoms with E-state index < -0.39 is 5.41 Å². The van der Waals surface area contributed by atoms with Crippen molar-refractivity contribution >= 4 is 17.7 Å². The molecule has 0 aromatic heterocycles. The Balaban J connectivity index is 1.82. The first-order valence-corrected chi connectivity index (χ1v) is 8.03. The van der Waals surface area contributed by atoms with Crippen LogP contribution in [0.4, 0.5) is 0 Å². The molecule has 0 spiro atoms. The third-order valence-corrected chi connectivity index (χ3v) is 4.90. The van der Waals surface area contributed by atoms with Gasteiger partial charge in [0.15, 0.2) is 0 Å². The van der Waals surface area contributed by atoms with Gasteiger partial charge in [0.05, 0.1) is 12.5 Å². The van der Waals surface area contributed by atoms with Gasteiger partial charge in [0, 0.05) is 23.2 Å². The van der Waals surface area contributed by atoms with Gasteiger partial charge in [-0.15, -0.1) is 11.8 Å². The molecule has 0 heterocycles. The second-order valence-electron chi connectivity index (χ2n) is 5.96. The van der Waals surface area contributed by atoms with Gasteiger partial charge in [-0.05, 0) is 44.4 Å². The van der Waals surface area contributed by atoms with E-state index >= 15 is 0 Å². The van der Waals surface area contributed by atoms with Crippen molar-refractivity contribution in [3.05, 3.63) is 29.8 Å². The summed E-state index contributed by atoms with van der Waals surface area (Å²) >= 11 is 1.70. The highest BCUT2D eigenvalue weighted by Crippen LogP contribution is 2.29. The zero-order valence-electron chi connectivity index (χ0n) is 12.4. The van der Waals surface area contributed by atoms with Crippen LogP contribution >= 0.6 is 11.8 Å². The molecule has 0 unspecified atom stereocenters. The number of methoxy groups -OCH3 is 1. The van der Waals surface area contributed by atoms with E-state index in [4.69, 9.17) is 4.74 Å². The first kappa shape index (κ1) is 15.4. The summed E-state index contributed by atoms with van der Waals surface area (Å²) in [4.78, 5) is 12.8. The van der Waals surface area contributed by atoms with E-state index in [1.165, 1.54) is 30.4 Å². The zero-order chi connectivity index (χ0) is 14.6. The Hall–Kier alpha value is -1.00. The van der Waals surface area contributed by atoms with Crippen molar-refractivity contribution in [3.63, 3.8) is 0 Å². The molecule has 1 saturated carbocycles. The van der Waals surface area contributed by atoms with Gasteiger partial charge in [-0.3, -0.25) is 4.79 Å². The average molecular weight is 293 g/mol. The minimum absolute atomic E-state index is 0.157. The first-order valence-electron chi connectivity index (χ1n) is 7.05. The number of carbonyl (C=O) groups excluding carboxylic acids is 1. The van der Waals surface area contributed by atoms with Crippen molar-refractivity contribution in [2.45, 2.75) is 44.2 Å². The van der Waals surface area contributed by atoms with Crippen LogP contribution in [0.25, 0.3) is 0 Å². The molecule has 1 aliphatic rings. The molecule has 110 valence electrons. The summed E-state index contributed by atoms with van der Waals surface area (Å²) in [5.41, 5.74) is 0.861. The predicted molar refractivity (Wildman–Crippen MR) is 82.8 cm³/mol. The molecule has 3 nitrogen and oxygen atoms in total. The topological polar surface area (TPSA) is 38.3 Å². The Morgan fingerprint density at radius 2 is 2.00 bits per heavy atom. The maximum atomic E-state index is 11.6. The highest BCUT2D eigenvalue weighted by atomic mass is 32.2. The van der Waals surface area contributed by atoms with Crippen LogP contribution in [-0.4, -0.2) is 24.9 Å². The summed E-state index contributed by atoms with van der Waals surface area (Å²) in [6.45, 7) is 4.78. The Labute approximate surface area is 125 Å². The fourth-order valence-corrected chi connectivity index (χ4v) is 2.83. The van der Waals surface area contributed by atoms with E-state index in [0.717, 1.165) is 18.3 Å². The number of rotatable bonds is 7. The third kappa shape index (κ3) is 4.53. The van der Waals surface area contributed by atoms with Gasteiger partial charge >= 0.3 is 5.97 Å². The molecule has 0 aliphatic heterocycles. The first-order chi connectivity index (χ1) is 9.51. The number of carbonyl (C=O) groups is 1. The van der Waals surface area contributed by atoms with Crippen LogP contribution in [0, 0.1) is 5.41 Å². The highest BCUT2D eigenvalue weighted by Gasteiger charge is 2.28. The van der Waals surface area contributed by atoms with Crippen molar-refractivity contribution < 1.29 is 9.53 Å². The van der Waals surface area contributed by atoms with Crippen molar-refractivity contribution in [2.24, 2.45) is 5.41 Å². The van der Waals surface area contributed by atoms with Crippen molar-refractivity contribution in [1.82, 2.24) is 5.32 Å². The second-order valence-corrected chi connectivity index (χ2v) is 7.01. The molecule has 0 radical (unpaired) electrons. The van der Waals surface area contributed by atoms with Gasteiger partial charge in [-0.1, -0.05) is 12.1 Å². The minimum atomic E-state index is -0.453. The van der Waals surface area contributed by atoms with Gasteiger partial charge in [0.1, 0.15) is 0 Å². The lowest BCUT2D eigenvalue weighted by Crippen LogP contribution is -2.28. The van der Waals surface area contributed by atoms with Gasteiger partial charge in [-0.2, -0.15) is 0 Å². The Morgan fingerprint density at radius 1 is 1.35 bits per heavy atom. The van der Waals surface area contributed by atoms with E-state index in [1.54, 1.807) is 11.8 Å². The van der Waals surface area contributed by atoms with Crippen molar-refractivity contribution in [3.8, 4) is 0 Å². The lowest BCUT2D eigenvalue weighted by molar-refractivity contribution is -0.149. The smallest absolute Gasteiger partial charge is 0.312 e. The number of nitrogens with one attached hydrogen (secondary N) is 1. The zero-order valence-corrected chi connectivity index (χ0v) is 13.3. The normalized spacial score (nSPS) is 15.2. The van der Waals surface area contributed by atoms with E-state index in [1.807, 2.05) is 13.8 Å². The van der Waals surface area contributed by atoms with E-state index in [2.05, 4.69) is 29.6 Å². The molecule has 0 saturated heterocycles. The standard InChI is InChI=1S/C16H23NO2S/c1-16(2,15(18)19-3)11-20-14-8-4-12(5-9-14)10-17-13-6-7-13/h4-5,8-9,13,17H,6-7,10-11H2,1-3H3. The average Bonchev–Trinajstić information content (AvgIpc) is 3.27. The van der Waals surface area contributed by atoms with Crippen LogP contribution in [0.1, 0.15) is 32.3 Å². The molecule has 1 aromatic rings. The van der Waals surface area contributed by atoms with Crippen LogP contribution < -0.4 is 5.32 Å². The summed E-state index contributed by atoms with van der Waals surface area (Å²) in [5, 5.41) is 3.50. The lowest BCUT2D eigenvalue weighted by atomic mass is 9.97. The summed E-state index contributed by atoms with van der Waals surface area (Å²) in [6.07, 6.45) is 2.63. The largest absolute Gasteiger partial charge is 0.469 e. The third-order valence-electron chi connectivity index (χ3n) is 3.43. The quantitative estimate of drug-likeness (QED) is 0.619. The van der Waals surface area contributed by atoms with Crippen LogP contribution in [0.15, 0.2) is 29.2 Å². The minimum Gasteiger partial charge on any atom is -0.469 e. The molecular weight excluding hydrogens is 270 g/mol. The maximum absolute atomic E-state index is 11.6. The number of hydrogen-bond acceptors (Lipinski definition) is 4. The Bertz CT molecular complexity index is 452. The number of thioether (sulfide) groups is 1. The molecule has 1 N–H and O–H groups in total. The molecule has 0 atom stereocenters. The number of esters is 1. The Kier molecular flexibility index (Phi) is 5.11. The summed E-state index contributed by atoms with van der Waals surface area (Å²) < 4.78 is 4.82. The van der Waals surface area contributed by atoms with Gasteiger partial charge in [0.25, 0.3) is 0 Å². The molecule has 2 rings (SSSR count). The molecule has 1 aromatic carbocycles. The fourth-order valence-electron chi connectivity index (χ4n) is 1.85. The Morgan fingerprint density at radius 3 is 2.55 bits per heavy atom. The van der Waals surface area contributed by atoms with Crippen LogP contribution in [0.2, 0.25) is 0 Å². The molecule has 0 amide bonds. The molecule has 1 aliphatic carbocycles. The van der Waals surface area contributed by atoms with Crippen LogP contribution in [0.3, 0.4) is 0 Å².